The molecule has 134 valence electrons. The number of amides is 3. The molecule has 6 nitrogen and oxygen atoms in total. The van der Waals surface area contributed by atoms with Crippen LogP contribution < -0.4 is 16.0 Å². The lowest BCUT2D eigenvalue weighted by Crippen LogP contribution is -2.41. The molecule has 1 aliphatic heterocycles. The molecule has 0 unspecified atom stereocenters. The van der Waals surface area contributed by atoms with Crippen molar-refractivity contribution in [3.63, 3.8) is 0 Å². The van der Waals surface area contributed by atoms with Crippen LogP contribution in [0.3, 0.4) is 0 Å². The highest BCUT2D eigenvalue weighted by Crippen LogP contribution is 2.20. The van der Waals surface area contributed by atoms with E-state index in [1.807, 2.05) is 32.0 Å². The van der Waals surface area contributed by atoms with Crippen LogP contribution >= 0.6 is 0 Å². The fraction of sp³-hybridized carbons (Fsp3) is 0.250. The van der Waals surface area contributed by atoms with E-state index in [2.05, 4.69) is 16.0 Å². The minimum Gasteiger partial charge on any atom is -0.340 e. The fourth-order valence-corrected chi connectivity index (χ4v) is 2.89. The Balaban J connectivity index is 1.63. The average molecular weight is 351 g/mol. The van der Waals surface area contributed by atoms with Gasteiger partial charge in [0.2, 0.25) is 11.8 Å². The molecule has 0 saturated heterocycles. The number of rotatable bonds is 4. The summed E-state index contributed by atoms with van der Waals surface area (Å²) in [5, 5.41) is 8.30. The van der Waals surface area contributed by atoms with Gasteiger partial charge in [-0.05, 0) is 49.6 Å². The molecule has 0 fully saturated rings. The van der Waals surface area contributed by atoms with Gasteiger partial charge in [-0.2, -0.15) is 0 Å². The van der Waals surface area contributed by atoms with Crippen molar-refractivity contribution >= 4 is 29.1 Å². The molecule has 1 atom stereocenters. The van der Waals surface area contributed by atoms with E-state index in [0.29, 0.717) is 11.3 Å². The zero-order valence-corrected chi connectivity index (χ0v) is 14.8. The molecule has 2 aromatic rings. The molecule has 1 aliphatic rings. The van der Waals surface area contributed by atoms with Crippen LogP contribution in [0.4, 0.5) is 11.4 Å². The standard InChI is InChI=1S/C20H21N3O3/c1-12-6-5-9-15(13(12)2)21-18(24)11-10-17-20(26)22-16-8-4-3-7-14(16)19(25)23-17/h3-9,17H,10-11H2,1-2H3,(H,21,24)(H,22,26)(H,23,25)/t17-/m1/s1. The monoisotopic (exact) mass is 351 g/mol. The van der Waals surface area contributed by atoms with Crippen molar-refractivity contribution in [2.24, 2.45) is 0 Å². The molecule has 0 radical (unpaired) electrons. The molecule has 2 aromatic carbocycles. The highest BCUT2D eigenvalue weighted by molar-refractivity contribution is 6.10. The average Bonchev–Trinajstić information content (AvgIpc) is 2.74. The summed E-state index contributed by atoms with van der Waals surface area (Å²) in [4.78, 5) is 36.9. The van der Waals surface area contributed by atoms with Gasteiger partial charge in [0, 0.05) is 12.1 Å². The number of aryl methyl sites for hydroxylation is 1. The molecule has 6 heteroatoms. The maximum Gasteiger partial charge on any atom is 0.254 e. The Bertz CT molecular complexity index is 876. The summed E-state index contributed by atoms with van der Waals surface area (Å²) in [5.74, 6) is -0.829. The molecule has 0 bridgehead atoms. The van der Waals surface area contributed by atoms with Crippen molar-refractivity contribution in [1.82, 2.24) is 5.32 Å². The Hall–Kier alpha value is -3.15. The third-order valence-corrected chi connectivity index (χ3v) is 4.59. The summed E-state index contributed by atoms with van der Waals surface area (Å²) >= 11 is 0. The van der Waals surface area contributed by atoms with Crippen molar-refractivity contribution in [2.75, 3.05) is 10.6 Å². The Morgan fingerprint density at radius 1 is 1.08 bits per heavy atom. The first-order chi connectivity index (χ1) is 12.5. The number of fused-ring (bicyclic) bond motifs is 1. The van der Waals surface area contributed by atoms with Gasteiger partial charge in [0.15, 0.2) is 0 Å². The van der Waals surface area contributed by atoms with Gasteiger partial charge < -0.3 is 16.0 Å². The van der Waals surface area contributed by atoms with E-state index in [9.17, 15) is 14.4 Å². The molecule has 0 spiro atoms. The highest BCUT2D eigenvalue weighted by Gasteiger charge is 2.27. The fourth-order valence-electron chi connectivity index (χ4n) is 2.89. The van der Waals surface area contributed by atoms with Crippen LogP contribution in [-0.2, 0) is 9.59 Å². The maximum atomic E-state index is 12.3. The van der Waals surface area contributed by atoms with Gasteiger partial charge in [0.1, 0.15) is 6.04 Å². The summed E-state index contributed by atoms with van der Waals surface area (Å²) in [7, 11) is 0. The molecule has 0 aliphatic carbocycles. The lowest BCUT2D eigenvalue weighted by Gasteiger charge is -2.15. The van der Waals surface area contributed by atoms with Crippen molar-refractivity contribution in [3.8, 4) is 0 Å². The highest BCUT2D eigenvalue weighted by atomic mass is 16.2. The Morgan fingerprint density at radius 2 is 1.85 bits per heavy atom. The number of hydrogen-bond acceptors (Lipinski definition) is 3. The first-order valence-electron chi connectivity index (χ1n) is 8.52. The first kappa shape index (κ1) is 17.7. The minimum atomic E-state index is -0.751. The largest absolute Gasteiger partial charge is 0.340 e. The van der Waals surface area contributed by atoms with E-state index in [-0.39, 0.29) is 30.6 Å². The second kappa shape index (κ2) is 7.39. The minimum absolute atomic E-state index is 0.127. The van der Waals surface area contributed by atoms with E-state index in [1.54, 1.807) is 24.3 Å². The first-order valence-corrected chi connectivity index (χ1v) is 8.52. The summed E-state index contributed by atoms with van der Waals surface area (Å²) in [6, 6.07) is 11.8. The third kappa shape index (κ3) is 3.74. The molecular weight excluding hydrogens is 330 g/mol. The Labute approximate surface area is 152 Å². The summed E-state index contributed by atoms with van der Waals surface area (Å²) in [5.41, 5.74) is 3.77. The normalized spacial score (nSPS) is 16.2. The van der Waals surface area contributed by atoms with Gasteiger partial charge in [-0.25, -0.2) is 0 Å². The number of carbonyl (C=O) groups excluding carboxylic acids is 3. The smallest absolute Gasteiger partial charge is 0.254 e. The topological polar surface area (TPSA) is 87.3 Å². The van der Waals surface area contributed by atoms with Gasteiger partial charge in [0.25, 0.3) is 5.91 Å². The molecule has 3 N–H and O–H groups in total. The van der Waals surface area contributed by atoms with Gasteiger partial charge in [0.05, 0.1) is 11.3 Å². The van der Waals surface area contributed by atoms with E-state index in [1.165, 1.54) is 0 Å². The Kier molecular flexibility index (Phi) is 5.02. The molecule has 0 saturated carbocycles. The number of nitrogens with one attached hydrogen (secondary N) is 3. The van der Waals surface area contributed by atoms with Crippen LogP contribution in [0.1, 0.15) is 34.3 Å². The van der Waals surface area contributed by atoms with Crippen LogP contribution in [0.5, 0.6) is 0 Å². The number of hydrogen-bond donors (Lipinski definition) is 3. The SMILES string of the molecule is Cc1cccc(NC(=O)CC[C@H]2NC(=O)c3ccccc3NC2=O)c1C. The maximum absolute atomic E-state index is 12.3. The van der Waals surface area contributed by atoms with Crippen LogP contribution in [0.15, 0.2) is 42.5 Å². The number of benzene rings is 2. The predicted molar refractivity (Wildman–Crippen MR) is 100 cm³/mol. The zero-order valence-electron chi connectivity index (χ0n) is 14.8. The molecule has 1 heterocycles. The van der Waals surface area contributed by atoms with Gasteiger partial charge in [-0.3, -0.25) is 14.4 Å². The molecule has 3 amide bonds. The van der Waals surface area contributed by atoms with Gasteiger partial charge >= 0.3 is 0 Å². The van der Waals surface area contributed by atoms with E-state index >= 15 is 0 Å². The van der Waals surface area contributed by atoms with E-state index < -0.39 is 6.04 Å². The van der Waals surface area contributed by atoms with Crippen LogP contribution in [0.25, 0.3) is 0 Å². The summed E-state index contributed by atoms with van der Waals surface area (Å²) < 4.78 is 0. The van der Waals surface area contributed by atoms with Gasteiger partial charge in [-0.1, -0.05) is 24.3 Å². The van der Waals surface area contributed by atoms with Crippen molar-refractivity contribution in [2.45, 2.75) is 32.7 Å². The second-order valence-electron chi connectivity index (χ2n) is 6.40. The van der Waals surface area contributed by atoms with Crippen molar-refractivity contribution in [1.29, 1.82) is 0 Å². The summed E-state index contributed by atoms with van der Waals surface area (Å²) in [6.07, 6.45) is 0.352. The number of para-hydroxylation sites is 1. The molecule has 3 rings (SSSR count). The van der Waals surface area contributed by atoms with Crippen LogP contribution in [0.2, 0.25) is 0 Å². The zero-order chi connectivity index (χ0) is 18.7. The quantitative estimate of drug-likeness (QED) is 0.791. The molecular formula is C20H21N3O3. The van der Waals surface area contributed by atoms with Crippen molar-refractivity contribution < 1.29 is 14.4 Å². The number of anilines is 2. The van der Waals surface area contributed by atoms with Crippen molar-refractivity contribution in [3.05, 3.63) is 59.2 Å². The van der Waals surface area contributed by atoms with Crippen LogP contribution in [0, 0.1) is 13.8 Å². The lowest BCUT2D eigenvalue weighted by molar-refractivity contribution is -0.118. The Morgan fingerprint density at radius 3 is 2.65 bits per heavy atom. The van der Waals surface area contributed by atoms with E-state index in [0.717, 1.165) is 16.8 Å². The molecule has 26 heavy (non-hydrogen) atoms. The predicted octanol–water partition coefficient (Wildman–Crippen LogP) is 2.77. The molecule has 0 aromatic heterocycles. The van der Waals surface area contributed by atoms with Crippen LogP contribution in [-0.4, -0.2) is 23.8 Å². The third-order valence-electron chi connectivity index (χ3n) is 4.59. The lowest BCUT2D eigenvalue weighted by atomic mass is 10.1. The number of carbonyl (C=O) groups is 3. The van der Waals surface area contributed by atoms with Gasteiger partial charge in [-0.15, -0.1) is 0 Å². The van der Waals surface area contributed by atoms with E-state index in [4.69, 9.17) is 0 Å². The summed E-state index contributed by atoms with van der Waals surface area (Å²) in [6.45, 7) is 3.93. The second-order valence-corrected chi connectivity index (χ2v) is 6.40.